The molecule has 2 heteroatoms. The summed E-state index contributed by atoms with van der Waals surface area (Å²) in [6, 6.07) is 0. The second-order valence-electron chi connectivity index (χ2n) is 9.39. The zero-order valence-corrected chi connectivity index (χ0v) is 22.2. The van der Waals surface area contributed by atoms with Crippen LogP contribution in [0, 0.1) is 0 Å². The minimum atomic E-state index is 0.995. The van der Waals surface area contributed by atoms with E-state index in [4.69, 9.17) is 9.84 Å². The summed E-state index contributed by atoms with van der Waals surface area (Å²) < 4.78 is 5.82. The summed E-state index contributed by atoms with van der Waals surface area (Å²) in [7, 11) is 1.00. The highest BCUT2D eigenvalue weighted by Gasteiger charge is 1.96. The van der Waals surface area contributed by atoms with E-state index in [-0.39, 0.29) is 0 Å². The molecule has 0 amide bonds. The van der Waals surface area contributed by atoms with E-state index in [9.17, 15) is 0 Å². The summed E-state index contributed by atoms with van der Waals surface area (Å²) in [5.74, 6) is 0. The lowest BCUT2D eigenvalue weighted by Gasteiger charge is -2.05. The number of hydrogen-bond acceptors (Lipinski definition) is 2. The Bertz CT molecular complexity index is 241. The molecule has 1 N–H and O–H groups in total. The van der Waals surface area contributed by atoms with Crippen molar-refractivity contribution < 1.29 is 9.84 Å². The fraction of sp³-hybridized carbons (Fsp3) is 1.00. The van der Waals surface area contributed by atoms with Gasteiger partial charge in [0.15, 0.2) is 0 Å². The first-order valence-electron chi connectivity index (χ1n) is 14.4. The van der Waals surface area contributed by atoms with Crippen LogP contribution in [-0.2, 0) is 4.74 Å². The van der Waals surface area contributed by atoms with Crippen LogP contribution in [0.15, 0.2) is 0 Å². The van der Waals surface area contributed by atoms with Crippen LogP contribution in [0.3, 0.4) is 0 Å². The molecule has 0 aromatic rings. The zero-order chi connectivity index (χ0) is 23.1. The van der Waals surface area contributed by atoms with E-state index in [1.54, 1.807) is 0 Å². The van der Waals surface area contributed by atoms with Gasteiger partial charge >= 0.3 is 0 Å². The number of unbranched alkanes of at least 4 members (excludes halogenated alkanes) is 22. The zero-order valence-electron chi connectivity index (χ0n) is 22.2. The molecule has 190 valence electrons. The Kier molecular flexibility index (Phi) is 36.9. The lowest BCUT2D eigenvalue weighted by atomic mass is 10.1. The van der Waals surface area contributed by atoms with Gasteiger partial charge < -0.3 is 9.84 Å². The van der Waals surface area contributed by atoms with Crippen molar-refractivity contribution in [2.24, 2.45) is 0 Å². The van der Waals surface area contributed by atoms with Gasteiger partial charge in [0.2, 0.25) is 0 Å². The van der Waals surface area contributed by atoms with Gasteiger partial charge in [0.1, 0.15) is 0 Å². The van der Waals surface area contributed by atoms with Crippen molar-refractivity contribution in [3.63, 3.8) is 0 Å². The number of aliphatic hydroxyl groups excluding tert-OH is 1. The van der Waals surface area contributed by atoms with E-state index in [0.29, 0.717) is 0 Å². The minimum Gasteiger partial charge on any atom is -0.400 e. The van der Waals surface area contributed by atoms with Crippen LogP contribution in [0.1, 0.15) is 168 Å². The van der Waals surface area contributed by atoms with E-state index in [1.165, 1.54) is 154 Å². The van der Waals surface area contributed by atoms with E-state index < -0.39 is 0 Å². The Morgan fingerprint density at radius 2 is 0.516 bits per heavy atom. The van der Waals surface area contributed by atoms with Gasteiger partial charge in [-0.2, -0.15) is 0 Å². The molecule has 0 saturated heterocycles. The Balaban J connectivity index is 0. The molecule has 0 unspecified atom stereocenters. The van der Waals surface area contributed by atoms with Gasteiger partial charge in [-0.3, -0.25) is 0 Å². The van der Waals surface area contributed by atoms with Crippen LogP contribution in [0.4, 0.5) is 0 Å². The normalized spacial score (nSPS) is 10.8. The van der Waals surface area contributed by atoms with E-state index in [1.807, 2.05) is 0 Å². The van der Waals surface area contributed by atoms with Crippen molar-refractivity contribution in [3.8, 4) is 0 Å². The molecule has 0 aliphatic rings. The Morgan fingerprint density at radius 1 is 0.323 bits per heavy atom. The second-order valence-corrected chi connectivity index (χ2v) is 9.39. The maximum atomic E-state index is 7.00. The summed E-state index contributed by atoms with van der Waals surface area (Å²) in [5, 5.41) is 7.00. The van der Waals surface area contributed by atoms with Crippen LogP contribution in [0.5, 0.6) is 0 Å². The summed E-state index contributed by atoms with van der Waals surface area (Å²) in [6.45, 7) is 6.58. The lowest BCUT2D eigenvalue weighted by molar-refractivity contribution is 0.125. The van der Waals surface area contributed by atoms with Crippen molar-refractivity contribution in [1.29, 1.82) is 0 Å². The first-order valence-corrected chi connectivity index (χ1v) is 14.4. The first kappa shape index (κ1) is 33.1. The largest absolute Gasteiger partial charge is 0.400 e. The standard InChI is InChI=1S/C28H58O.CH4O/c1-3-5-7-9-11-13-15-17-19-21-23-25-27-29-28-26-24-22-20-18-16-14-12-10-8-6-4-2;1-2/h3-28H2,1-2H3;2H,1H3. The number of aliphatic hydroxyl groups is 1. The molecule has 2 nitrogen and oxygen atoms in total. The van der Waals surface area contributed by atoms with Gasteiger partial charge in [0.25, 0.3) is 0 Å². The third-order valence-electron chi connectivity index (χ3n) is 6.28. The van der Waals surface area contributed by atoms with Crippen LogP contribution in [-0.4, -0.2) is 25.4 Å². The molecule has 0 spiro atoms. The molecule has 0 fully saturated rings. The average molecular weight is 443 g/mol. The molecule has 0 aliphatic carbocycles. The number of ether oxygens (including phenoxy) is 1. The average Bonchev–Trinajstić information content (AvgIpc) is 2.80. The Hall–Kier alpha value is -0.0800. The smallest absolute Gasteiger partial charge is 0.0466 e. The van der Waals surface area contributed by atoms with Crippen LogP contribution >= 0.6 is 0 Å². The van der Waals surface area contributed by atoms with Crippen molar-refractivity contribution >= 4 is 0 Å². The maximum absolute atomic E-state index is 7.00. The fourth-order valence-corrected chi connectivity index (χ4v) is 4.19. The molecule has 0 atom stereocenters. The monoisotopic (exact) mass is 442 g/mol. The molecule has 0 bridgehead atoms. The second kappa shape index (κ2) is 34.5. The predicted molar refractivity (Wildman–Crippen MR) is 141 cm³/mol. The van der Waals surface area contributed by atoms with Crippen molar-refractivity contribution in [3.05, 3.63) is 0 Å². The van der Waals surface area contributed by atoms with Gasteiger partial charge in [-0.15, -0.1) is 0 Å². The third kappa shape index (κ3) is 34.7. The molecular weight excluding hydrogens is 380 g/mol. The van der Waals surface area contributed by atoms with Crippen LogP contribution in [0.25, 0.3) is 0 Å². The van der Waals surface area contributed by atoms with Crippen LogP contribution < -0.4 is 0 Å². The first-order chi connectivity index (χ1) is 15.4. The minimum absolute atomic E-state index is 0.995. The quantitative estimate of drug-likeness (QED) is 0.135. The van der Waals surface area contributed by atoms with Crippen molar-refractivity contribution in [1.82, 2.24) is 0 Å². The molecule has 0 rings (SSSR count). The topological polar surface area (TPSA) is 29.5 Å². The molecule has 0 heterocycles. The number of rotatable bonds is 26. The number of hydrogen-bond donors (Lipinski definition) is 1. The van der Waals surface area contributed by atoms with Crippen molar-refractivity contribution in [2.75, 3.05) is 20.3 Å². The van der Waals surface area contributed by atoms with Gasteiger partial charge in [-0.05, 0) is 12.8 Å². The van der Waals surface area contributed by atoms with E-state index >= 15 is 0 Å². The van der Waals surface area contributed by atoms with E-state index in [2.05, 4.69) is 13.8 Å². The highest BCUT2D eigenvalue weighted by atomic mass is 16.5. The molecular formula is C29H62O2. The van der Waals surface area contributed by atoms with Gasteiger partial charge in [0.05, 0.1) is 0 Å². The Labute approximate surface area is 198 Å². The molecule has 0 aliphatic heterocycles. The summed E-state index contributed by atoms with van der Waals surface area (Å²) in [6.07, 6.45) is 34.1. The van der Waals surface area contributed by atoms with Gasteiger partial charge in [0, 0.05) is 20.3 Å². The molecule has 0 radical (unpaired) electrons. The maximum Gasteiger partial charge on any atom is 0.0466 e. The summed E-state index contributed by atoms with van der Waals surface area (Å²) in [5.41, 5.74) is 0. The highest BCUT2D eigenvalue weighted by Crippen LogP contribution is 2.13. The van der Waals surface area contributed by atoms with Crippen LogP contribution in [0.2, 0.25) is 0 Å². The SMILES string of the molecule is CCCCCCCCCCCCCCOCCCCCCCCCCCCCC.CO. The molecule has 31 heavy (non-hydrogen) atoms. The predicted octanol–water partition coefficient (Wildman–Crippen LogP) is 10.0. The highest BCUT2D eigenvalue weighted by molar-refractivity contribution is 4.50. The summed E-state index contributed by atoms with van der Waals surface area (Å²) in [4.78, 5) is 0. The summed E-state index contributed by atoms with van der Waals surface area (Å²) >= 11 is 0. The lowest BCUT2D eigenvalue weighted by Crippen LogP contribution is -1.97. The van der Waals surface area contributed by atoms with Gasteiger partial charge in [-0.1, -0.05) is 155 Å². The fourth-order valence-electron chi connectivity index (χ4n) is 4.19. The molecule has 0 saturated carbocycles. The molecule has 0 aromatic carbocycles. The third-order valence-corrected chi connectivity index (χ3v) is 6.28. The van der Waals surface area contributed by atoms with E-state index in [0.717, 1.165) is 20.3 Å². The molecule has 0 aromatic heterocycles. The van der Waals surface area contributed by atoms with Gasteiger partial charge in [-0.25, -0.2) is 0 Å². The van der Waals surface area contributed by atoms with Crippen molar-refractivity contribution in [2.45, 2.75) is 168 Å². The Morgan fingerprint density at radius 3 is 0.742 bits per heavy atom.